The summed E-state index contributed by atoms with van der Waals surface area (Å²) in [7, 11) is 1.72. The Morgan fingerprint density at radius 1 is 1.26 bits per heavy atom. The van der Waals surface area contributed by atoms with E-state index in [1.165, 1.54) is 11.3 Å². The van der Waals surface area contributed by atoms with E-state index in [2.05, 4.69) is 62.3 Å². The van der Waals surface area contributed by atoms with E-state index in [-0.39, 0.29) is 0 Å². The second-order valence-corrected chi connectivity index (χ2v) is 5.34. The molecule has 3 nitrogen and oxygen atoms in total. The Kier molecular flexibility index (Phi) is 5.63. The molecule has 2 rings (SSSR count). The van der Waals surface area contributed by atoms with E-state index in [0.29, 0.717) is 0 Å². The predicted molar refractivity (Wildman–Crippen MR) is 81.3 cm³/mol. The third kappa shape index (κ3) is 4.49. The minimum Gasteiger partial charge on any atom is -0.383 e. The first kappa shape index (κ1) is 14.3. The van der Waals surface area contributed by atoms with E-state index in [4.69, 9.17) is 4.74 Å². The van der Waals surface area contributed by atoms with Crippen molar-refractivity contribution < 1.29 is 4.74 Å². The Bertz CT molecular complexity index is 510. The molecule has 2 aromatic rings. The molecule has 102 valence electrons. The van der Waals surface area contributed by atoms with Gasteiger partial charge in [0.2, 0.25) is 0 Å². The van der Waals surface area contributed by atoms with Crippen LogP contribution in [0.4, 0.5) is 0 Å². The number of halogens is 1. The summed E-state index contributed by atoms with van der Waals surface area (Å²) in [6.07, 6.45) is 2.12. The van der Waals surface area contributed by atoms with Crippen LogP contribution in [0.2, 0.25) is 0 Å². The van der Waals surface area contributed by atoms with Crippen LogP contribution in [0.5, 0.6) is 0 Å². The molecule has 4 heteroatoms. The van der Waals surface area contributed by atoms with Crippen LogP contribution in [0.25, 0.3) is 0 Å². The Hall–Kier alpha value is -1.10. The zero-order valence-corrected chi connectivity index (χ0v) is 12.7. The summed E-state index contributed by atoms with van der Waals surface area (Å²) in [6, 6.07) is 12.7. The molecular formula is C15H19BrN2O. The largest absolute Gasteiger partial charge is 0.383 e. The molecule has 0 aliphatic carbocycles. The van der Waals surface area contributed by atoms with E-state index in [1.54, 1.807) is 7.11 Å². The van der Waals surface area contributed by atoms with Crippen molar-refractivity contribution >= 4 is 15.9 Å². The number of hydrogen-bond donors (Lipinski definition) is 1. The second-order valence-electron chi connectivity index (χ2n) is 4.43. The predicted octanol–water partition coefficient (Wildman–Crippen LogP) is 3.03. The van der Waals surface area contributed by atoms with Crippen molar-refractivity contribution in [2.24, 2.45) is 0 Å². The molecule has 1 N–H and O–H groups in total. The normalized spacial score (nSPS) is 10.8. The summed E-state index contributed by atoms with van der Waals surface area (Å²) in [6.45, 7) is 3.38. The maximum absolute atomic E-state index is 5.03. The van der Waals surface area contributed by atoms with Crippen LogP contribution in [-0.4, -0.2) is 24.8 Å². The Morgan fingerprint density at radius 3 is 2.95 bits per heavy atom. The summed E-state index contributed by atoms with van der Waals surface area (Å²) in [4.78, 5) is 0. The molecular weight excluding hydrogens is 304 g/mol. The minimum atomic E-state index is 0.742. The van der Waals surface area contributed by atoms with Crippen LogP contribution in [0.1, 0.15) is 11.3 Å². The summed E-state index contributed by atoms with van der Waals surface area (Å²) in [5.74, 6) is 0. The lowest BCUT2D eigenvalue weighted by Gasteiger charge is -2.10. The maximum atomic E-state index is 5.03. The van der Waals surface area contributed by atoms with Crippen LogP contribution in [-0.2, 0) is 17.8 Å². The molecule has 0 fully saturated rings. The molecule has 1 aromatic heterocycles. The van der Waals surface area contributed by atoms with Gasteiger partial charge in [0.25, 0.3) is 0 Å². The summed E-state index contributed by atoms with van der Waals surface area (Å²) in [5.41, 5.74) is 2.58. The summed E-state index contributed by atoms with van der Waals surface area (Å²) < 4.78 is 8.41. The molecule has 0 aliphatic rings. The monoisotopic (exact) mass is 322 g/mol. The smallest absolute Gasteiger partial charge is 0.0587 e. The number of aromatic nitrogens is 1. The van der Waals surface area contributed by atoms with Crippen LogP contribution in [0.3, 0.4) is 0 Å². The number of methoxy groups -OCH3 is 1. The van der Waals surface area contributed by atoms with E-state index in [9.17, 15) is 0 Å². The Balaban J connectivity index is 1.95. The van der Waals surface area contributed by atoms with E-state index in [0.717, 1.165) is 30.7 Å². The lowest BCUT2D eigenvalue weighted by molar-refractivity contribution is 0.199. The van der Waals surface area contributed by atoms with Gasteiger partial charge < -0.3 is 14.6 Å². The van der Waals surface area contributed by atoms with Gasteiger partial charge in [0.15, 0.2) is 0 Å². The third-order valence-electron chi connectivity index (χ3n) is 2.95. The van der Waals surface area contributed by atoms with Gasteiger partial charge in [-0.25, -0.2) is 0 Å². The van der Waals surface area contributed by atoms with Gasteiger partial charge in [-0.3, -0.25) is 0 Å². The lowest BCUT2D eigenvalue weighted by atomic mass is 10.2. The zero-order valence-electron chi connectivity index (χ0n) is 11.1. The summed E-state index contributed by atoms with van der Waals surface area (Å²) >= 11 is 3.51. The van der Waals surface area contributed by atoms with E-state index >= 15 is 0 Å². The molecule has 0 spiro atoms. The van der Waals surface area contributed by atoms with Crippen molar-refractivity contribution in [3.63, 3.8) is 0 Å². The topological polar surface area (TPSA) is 26.2 Å². The fraction of sp³-hybridized carbons (Fsp3) is 0.333. The number of ether oxygens (including phenoxy) is 1. The van der Waals surface area contributed by atoms with Gasteiger partial charge in [-0.05, 0) is 29.8 Å². The Labute approximate surface area is 122 Å². The molecule has 0 saturated carbocycles. The molecule has 1 aromatic carbocycles. The third-order valence-corrected chi connectivity index (χ3v) is 3.45. The minimum absolute atomic E-state index is 0.742. The molecule has 19 heavy (non-hydrogen) atoms. The number of rotatable bonds is 7. The van der Waals surface area contributed by atoms with Crippen molar-refractivity contribution in [3.8, 4) is 0 Å². The molecule has 0 saturated heterocycles. The van der Waals surface area contributed by atoms with Crippen LogP contribution in [0.15, 0.2) is 47.1 Å². The maximum Gasteiger partial charge on any atom is 0.0587 e. The zero-order chi connectivity index (χ0) is 13.5. The number of nitrogens with zero attached hydrogens (tertiary/aromatic N) is 1. The van der Waals surface area contributed by atoms with Gasteiger partial charge in [0.1, 0.15) is 0 Å². The highest BCUT2D eigenvalue weighted by molar-refractivity contribution is 9.10. The van der Waals surface area contributed by atoms with Gasteiger partial charge in [0.05, 0.1) is 6.61 Å². The molecule has 1 heterocycles. The Morgan fingerprint density at radius 2 is 2.16 bits per heavy atom. The highest BCUT2D eigenvalue weighted by Crippen LogP contribution is 2.14. The lowest BCUT2D eigenvalue weighted by Crippen LogP contribution is -2.20. The van der Waals surface area contributed by atoms with E-state index < -0.39 is 0 Å². The quantitative estimate of drug-likeness (QED) is 0.793. The van der Waals surface area contributed by atoms with Crippen LogP contribution >= 0.6 is 15.9 Å². The molecule has 0 amide bonds. The fourth-order valence-electron chi connectivity index (χ4n) is 1.99. The summed E-state index contributed by atoms with van der Waals surface area (Å²) in [5, 5.41) is 3.37. The average molecular weight is 323 g/mol. The van der Waals surface area contributed by atoms with Gasteiger partial charge in [-0.1, -0.05) is 28.1 Å². The van der Waals surface area contributed by atoms with Crippen molar-refractivity contribution in [2.75, 3.05) is 20.3 Å². The second kappa shape index (κ2) is 7.48. The van der Waals surface area contributed by atoms with Crippen LogP contribution in [0, 0.1) is 0 Å². The average Bonchev–Trinajstić information content (AvgIpc) is 2.82. The standard InChI is InChI=1S/C15H19BrN2O/c1-19-9-7-17-11-15-6-3-8-18(15)12-13-4-2-5-14(16)10-13/h2-6,8,10,17H,7,9,11-12H2,1H3. The molecule has 0 radical (unpaired) electrons. The number of nitrogens with one attached hydrogen (secondary N) is 1. The highest BCUT2D eigenvalue weighted by atomic mass is 79.9. The van der Waals surface area contributed by atoms with Gasteiger partial charge >= 0.3 is 0 Å². The SMILES string of the molecule is COCCNCc1cccn1Cc1cccc(Br)c1. The first-order valence-corrected chi connectivity index (χ1v) is 7.17. The van der Waals surface area contributed by atoms with E-state index in [1.807, 2.05) is 6.07 Å². The number of benzene rings is 1. The first-order chi connectivity index (χ1) is 9.29. The van der Waals surface area contributed by atoms with Crippen molar-refractivity contribution in [2.45, 2.75) is 13.1 Å². The fourth-order valence-corrected chi connectivity index (χ4v) is 2.43. The molecule has 0 atom stereocenters. The van der Waals surface area contributed by atoms with Crippen molar-refractivity contribution in [1.29, 1.82) is 0 Å². The van der Waals surface area contributed by atoms with Gasteiger partial charge in [0, 0.05) is 43.1 Å². The van der Waals surface area contributed by atoms with Crippen LogP contribution < -0.4 is 5.32 Å². The first-order valence-electron chi connectivity index (χ1n) is 6.37. The van der Waals surface area contributed by atoms with Crippen molar-refractivity contribution in [3.05, 3.63) is 58.3 Å². The highest BCUT2D eigenvalue weighted by Gasteiger charge is 2.02. The molecule has 0 unspecified atom stereocenters. The molecule has 0 aliphatic heterocycles. The molecule has 0 bridgehead atoms. The number of hydrogen-bond acceptors (Lipinski definition) is 2. The van der Waals surface area contributed by atoms with Gasteiger partial charge in [-0.2, -0.15) is 0 Å². The van der Waals surface area contributed by atoms with Crippen molar-refractivity contribution in [1.82, 2.24) is 9.88 Å². The van der Waals surface area contributed by atoms with Gasteiger partial charge in [-0.15, -0.1) is 0 Å².